The lowest BCUT2D eigenvalue weighted by Gasteiger charge is -2.29. The van der Waals surface area contributed by atoms with E-state index < -0.39 is 0 Å². The van der Waals surface area contributed by atoms with Gasteiger partial charge in [-0.25, -0.2) is 0 Å². The molecular weight excluding hydrogens is 262 g/mol. The Labute approximate surface area is 127 Å². The minimum Gasteiger partial charge on any atom is -0.351 e. The Balaban J connectivity index is 1.71. The Morgan fingerprint density at radius 3 is 2.81 bits per heavy atom. The summed E-state index contributed by atoms with van der Waals surface area (Å²) in [4.78, 5) is 14.3. The van der Waals surface area contributed by atoms with Crippen LogP contribution in [0.3, 0.4) is 0 Å². The fourth-order valence-corrected chi connectivity index (χ4v) is 2.75. The van der Waals surface area contributed by atoms with Crippen molar-refractivity contribution in [1.29, 1.82) is 0 Å². The molecule has 1 fully saturated rings. The van der Waals surface area contributed by atoms with Crippen molar-refractivity contribution in [3.05, 3.63) is 35.9 Å². The summed E-state index contributed by atoms with van der Waals surface area (Å²) in [5, 5.41) is 6.54. The Hall–Kier alpha value is -1.39. The number of piperidine rings is 1. The molecule has 0 saturated carbocycles. The van der Waals surface area contributed by atoms with Crippen LogP contribution in [-0.4, -0.2) is 43.0 Å². The van der Waals surface area contributed by atoms with Crippen molar-refractivity contribution in [2.24, 2.45) is 0 Å². The molecule has 116 valence electrons. The van der Waals surface area contributed by atoms with Gasteiger partial charge in [-0.3, -0.25) is 9.69 Å². The first-order chi connectivity index (χ1) is 10.3. The van der Waals surface area contributed by atoms with Crippen molar-refractivity contribution >= 4 is 5.91 Å². The Kier molecular flexibility index (Phi) is 6.70. The number of carbonyl (C=O) groups is 1. The average molecular weight is 289 g/mol. The minimum absolute atomic E-state index is 0.108. The van der Waals surface area contributed by atoms with Gasteiger partial charge in [0.1, 0.15) is 0 Å². The van der Waals surface area contributed by atoms with Crippen molar-refractivity contribution in [3.8, 4) is 0 Å². The summed E-state index contributed by atoms with van der Waals surface area (Å²) in [6.45, 7) is 6.21. The second-order valence-corrected chi connectivity index (χ2v) is 5.74. The molecule has 0 aliphatic carbocycles. The zero-order valence-electron chi connectivity index (χ0n) is 13.0. The van der Waals surface area contributed by atoms with E-state index in [2.05, 4.69) is 22.5 Å². The van der Waals surface area contributed by atoms with E-state index in [0.29, 0.717) is 19.1 Å². The third kappa shape index (κ3) is 5.86. The molecule has 1 atom stereocenters. The number of nitrogens with zero attached hydrogens (tertiary/aromatic N) is 1. The van der Waals surface area contributed by atoms with Gasteiger partial charge in [-0.15, -0.1) is 0 Å². The van der Waals surface area contributed by atoms with Gasteiger partial charge in [0, 0.05) is 19.1 Å². The van der Waals surface area contributed by atoms with Gasteiger partial charge < -0.3 is 10.6 Å². The highest BCUT2D eigenvalue weighted by Gasteiger charge is 2.17. The summed E-state index contributed by atoms with van der Waals surface area (Å²) in [5.74, 6) is 0.108. The topological polar surface area (TPSA) is 44.4 Å². The van der Waals surface area contributed by atoms with Gasteiger partial charge in [-0.1, -0.05) is 43.7 Å². The normalized spacial score (nSPS) is 18.7. The largest absolute Gasteiger partial charge is 0.351 e. The van der Waals surface area contributed by atoms with Crippen LogP contribution >= 0.6 is 0 Å². The smallest absolute Gasteiger partial charge is 0.234 e. The number of amides is 1. The van der Waals surface area contributed by atoms with Gasteiger partial charge in [0.2, 0.25) is 5.91 Å². The van der Waals surface area contributed by atoms with Gasteiger partial charge in [-0.05, 0) is 31.5 Å². The second-order valence-electron chi connectivity index (χ2n) is 5.74. The fourth-order valence-electron chi connectivity index (χ4n) is 2.75. The summed E-state index contributed by atoms with van der Waals surface area (Å²) in [6.07, 6.45) is 3.80. The van der Waals surface area contributed by atoms with E-state index in [4.69, 9.17) is 0 Å². The highest BCUT2D eigenvalue weighted by molar-refractivity contribution is 5.78. The minimum atomic E-state index is 0.108. The summed E-state index contributed by atoms with van der Waals surface area (Å²) in [7, 11) is 0. The van der Waals surface area contributed by atoms with Gasteiger partial charge in [-0.2, -0.15) is 0 Å². The van der Waals surface area contributed by atoms with Crippen LogP contribution in [0.1, 0.15) is 31.7 Å². The maximum absolute atomic E-state index is 12.1. The molecular formula is C17H27N3O. The number of nitrogens with one attached hydrogen (secondary N) is 2. The molecule has 0 radical (unpaired) electrons. The monoisotopic (exact) mass is 289 g/mol. The molecule has 1 amide bonds. The van der Waals surface area contributed by atoms with Crippen LogP contribution < -0.4 is 10.6 Å². The fraction of sp³-hybridized carbons (Fsp3) is 0.588. The number of rotatable bonds is 7. The average Bonchev–Trinajstić information content (AvgIpc) is 2.54. The molecule has 1 saturated heterocycles. The van der Waals surface area contributed by atoms with Crippen molar-refractivity contribution in [2.75, 3.05) is 26.2 Å². The van der Waals surface area contributed by atoms with Crippen LogP contribution in [0, 0.1) is 0 Å². The van der Waals surface area contributed by atoms with E-state index >= 15 is 0 Å². The van der Waals surface area contributed by atoms with Crippen molar-refractivity contribution in [3.63, 3.8) is 0 Å². The number of hydrogen-bond acceptors (Lipinski definition) is 3. The van der Waals surface area contributed by atoms with Crippen LogP contribution in [0.5, 0.6) is 0 Å². The second kappa shape index (κ2) is 8.80. The quantitative estimate of drug-likeness (QED) is 0.804. The molecule has 2 N–H and O–H groups in total. The molecule has 1 heterocycles. The summed E-state index contributed by atoms with van der Waals surface area (Å²) in [5.41, 5.74) is 1.14. The van der Waals surface area contributed by atoms with E-state index in [1.807, 2.05) is 30.3 Å². The maximum Gasteiger partial charge on any atom is 0.234 e. The molecule has 1 aromatic carbocycles. The molecule has 4 heteroatoms. The summed E-state index contributed by atoms with van der Waals surface area (Å²) >= 11 is 0. The third-order valence-corrected chi connectivity index (χ3v) is 4.04. The molecule has 1 aliphatic rings. The van der Waals surface area contributed by atoms with Crippen LogP contribution in [0.4, 0.5) is 0 Å². The molecule has 4 nitrogen and oxygen atoms in total. The predicted molar refractivity (Wildman–Crippen MR) is 86.0 cm³/mol. The Morgan fingerprint density at radius 1 is 1.33 bits per heavy atom. The predicted octanol–water partition coefficient (Wildman–Crippen LogP) is 1.77. The zero-order valence-corrected chi connectivity index (χ0v) is 13.0. The number of carbonyl (C=O) groups excluding carboxylic acids is 1. The molecule has 0 bridgehead atoms. The molecule has 2 rings (SSSR count). The molecule has 1 aromatic rings. The molecule has 21 heavy (non-hydrogen) atoms. The summed E-state index contributed by atoms with van der Waals surface area (Å²) < 4.78 is 0. The van der Waals surface area contributed by atoms with Gasteiger partial charge in [0.05, 0.1) is 6.54 Å². The van der Waals surface area contributed by atoms with E-state index in [-0.39, 0.29) is 5.91 Å². The molecule has 0 aromatic heterocycles. The highest BCUT2D eigenvalue weighted by atomic mass is 16.2. The van der Waals surface area contributed by atoms with Gasteiger partial charge in [0.15, 0.2) is 0 Å². The Bertz CT molecular complexity index is 415. The maximum atomic E-state index is 12.1. The van der Waals surface area contributed by atoms with Gasteiger partial charge >= 0.3 is 0 Å². The highest BCUT2D eigenvalue weighted by Crippen LogP contribution is 2.08. The van der Waals surface area contributed by atoms with Crippen molar-refractivity contribution in [1.82, 2.24) is 15.5 Å². The molecule has 1 aliphatic heterocycles. The molecule has 1 unspecified atom stereocenters. The standard InChI is InChI=1S/C17H27N3O/c1-2-20(13-16-10-6-7-11-18-16)14-17(21)19-12-15-8-4-3-5-9-15/h3-5,8-9,16,18H,2,6-7,10-14H2,1H3,(H,19,21). The third-order valence-electron chi connectivity index (χ3n) is 4.04. The van der Waals surface area contributed by atoms with Crippen LogP contribution in [0.2, 0.25) is 0 Å². The molecule has 0 spiro atoms. The van der Waals surface area contributed by atoms with E-state index in [1.165, 1.54) is 19.3 Å². The number of benzene rings is 1. The van der Waals surface area contributed by atoms with Crippen molar-refractivity contribution in [2.45, 2.75) is 38.8 Å². The number of likely N-dealkylation sites (N-methyl/N-ethyl adjacent to an activating group) is 1. The Morgan fingerprint density at radius 2 is 2.14 bits per heavy atom. The van der Waals surface area contributed by atoms with E-state index in [0.717, 1.165) is 25.2 Å². The first-order valence-corrected chi connectivity index (χ1v) is 8.04. The first kappa shape index (κ1) is 16.0. The summed E-state index contributed by atoms with van der Waals surface area (Å²) in [6, 6.07) is 10.6. The SMILES string of the molecule is CCN(CC(=O)NCc1ccccc1)CC1CCCCN1. The lowest BCUT2D eigenvalue weighted by Crippen LogP contribution is -2.46. The van der Waals surface area contributed by atoms with Gasteiger partial charge in [0.25, 0.3) is 0 Å². The lowest BCUT2D eigenvalue weighted by molar-refractivity contribution is -0.122. The number of hydrogen-bond donors (Lipinski definition) is 2. The first-order valence-electron chi connectivity index (χ1n) is 8.04. The van der Waals surface area contributed by atoms with E-state index in [9.17, 15) is 4.79 Å². The van der Waals surface area contributed by atoms with Crippen LogP contribution in [-0.2, 0) is 11.3 Å². The van der Waals surface area contributed by atoms with E-state index in [1.54, 1.807) is 0 Å². The van der Waals surface area contributed by atoms with Crippen LogP contribution in [0.15, 0.2) is 30.3 Å². The lowest BCUT2D eigenvalue weighted by atomic mass is 10.0. The van der Waals surface area contributed by atoms with Crippen LogP contribution in [0.25, 0.3) is 0 Å². The zero-order chi connectivity index (χ0) is 14.9. The van der Waals surface area contributed by atoms with Crippen molar-refractivity contribution < 1.29 is 4.79 Å².